The van der Waals surface area contributed by atoms with Crippen LogP contribution in [0.25, 0.3) is 11.2 Å². The summed E-state index contributed by atoms with van der Waals surface area (Å²) >= 11 is 0. The molecule has 3 aromatic rings. The molecule has 0 radical (unpaired) electrons. The van der Waals surface area contributed by atoms with Gasteiger partial charge in [-0.2, -0.15) is 0 Å². The zero-order valence-corrected chi connectivity index (χ0v) is 16.2. The average molecular weight is 342 g/mol. The van der Waals surface area contributed by atoms with Crippen LogP contribution in [0, 0.1) is 0 Å². The van der Waals surface area contributed by atoms with Crippen molar-refractivity contribution < 1.29 is 4.74 Å². The van der Waals surface area contributed by atoms with E-state index in [1.165, 1.54) is 5.56 Å². The SMILES string of the molecule is CC.CC.COc1ccc(CNCc2nc3cccnc3n2C)cc1. The Morgan fingerprint density at radius 3 is 2.28 bits per heavy atom. The number of aromatic nitrogens is 3. The van der Waals surface area contributed by atoms with Gasteiger partial charge >= 0.3 is 0 Å². The van der Waals surface area contributed by atoms with E-state index in [0.717, 1.165) is 29.3 Å². The largest absolute Gasteiger partial charge is 0.497 e. The Morgan fingerprint density at radius 2 is 1.68 bits per heavy atom. The van der Waals surface area contributed by atoms with Crippen molar-refractivity contribution in [2.24, 2.45) is 7.05 Å². The van der Waals surface area contributed by atoms with Crippen LogP contribution >= 0.6 is 0 Å². The fraction of sp³-hybridized carbons (Fsp3) is 0.400. The van der Waals surface area contributed by atoms with E-state index in [1.54, 1.807) is 13.3 Å². The summed E-state index contributed by atoms with van der Waals surface area (Å²) in [6.07, 6.45) is 1.79. The van der Waals surface area contributed by atoms with Gasteiger partial charge < -0.3 is 14.6 Å². The molecule has 0 saturated carbocycles. The highest BCUT2D eigenvalue weighted by molar-refractivity contribution is 5.70. The van der Waals surface area contributed by atoms with Crippen LogP contribution in [0.2, 0.25) is 0 Å². The summed E-state index contributed by atoms with van der Waals surface area (Å²) in [5, 5.41) is 3.41. The third-order valence-corrected chi connectivity index (χ3v) is 3.49. The van der Waals surface area contributed by atoms with Gasteiger partial charge in [0.1, 0.15) is 17.1 Å². The van der Waals surface area contributed by atoms with Gasteiger partial charge in [0, 0.05) is 19.8 Å². The predicted molar refractivity (Wildman–Crippen MR) is 105 cm³/mol. The van der Waals surface area contributed by atoms with Crippen molar-refractivity contribution in [1.82, 2.24) is 19.9 Å². The maximum Gasteiger partial charge on any atom is 0.159 e. The first-order valence-electron chi connectivity index (χ1n) is 8.88. The number of methoxy groups -OCH3 is 1. The zero-order valence-electron chi connectivity index (χ0n) is 16.2. The number of pyridine rings is 1. The normalized spacial score (nSPS) is 9.68. The highest BCUT2D eigenvalue weighted by Gasteiger charge is 2.07. The maximum atomic E-state index is 5.15. The smallest absolute Gasteiger partial charge is 0.159 e. The van der Waals surface area contributed by atoms with Crippen molar-refractivity contribution in [3.8, 4) is 5.75 Å². The van der Waals surface area contributed by atoms with E-state index in [0.29, 0.717) is 6.54 Å². The average Bonchev–Trinajstić information content (AvgIpc) is 3.02. The fourth-order valence-corrected chi connectivity index (χ4v) is 2.29. The van der Waals surface area contributed by atoms with Crippen molar-refractivity contribution in [2.75, 3.05) is 7.11 Å². The van der Waals surface area contributed by atoms with Gasteiger partial charge in [0.2, 0.25) is 0 Å². The quantitative estimate of drug-likeness (QED) is 0.750. The minimum atomic E-state index is 0.707. The first-order chi connectivity index (χ1) is 12.3. The Labute approximate surface area is 151 Å². The second kappa shape index (κ2) is 11.2. The van der Waals surface area contributed by atoms with E-state index in [1.807, 2.05) is 63.6 Å². The molecule has 5 nitrogen and oxygen atoms in total. The first kappa shape index (κ1) is 20.6. The molecule has 0 aliphatic rings. The molecule has 1 N–H and O–H groups in total. The van der Waals surface area contributed by atoms with Gasteiger partial charge in [0.25, 0.3) is 0 Å². The van der Waals surface area contributed by atoms with Gasteiger partial charge in [-0.1, -0.05) is 39.8 Å². The highest BCUT2D eigenvalue weighted by atomic mass is 16.5. The van der Waals surface area contributed by atoms with Gasteiger partial charge in [-0.05, 0) is 29.8 Å². The number of hydrogen-bond donors (Lipinski definition) is 1. The fourth-order valence-electron chi connectivity index (χ4n) is 2.29. The molecule has 5 heteroatoms. The van der Waals surface area contributed by atoms with E-state index in [4.69, 9.17) is 4.74 Å². The minimum absolute atomic E-state index is 0.707. The molecule has 0 aliphatic heterocycles. The lowest BCUT2D eigenvalue weighted by atomic mass is 10.2. The monoisotopic (exact) mass is 342 g/mol. The van der Waals surface area contributed by atoms with Crippen LogP contribution in [-0.2, 0) is 20.1 Å². The van der Waals surface area contributed by atoms with Crippen LogP contribution in [0.3, 0.4) is 0 Å². The first-order valence-corrected chi connectivity index (χ1v) is 8.88. The summed E-state index contributed by atoms with van der Waals surface area (Å²) in [6.45, 7) is 9.50. The lowest BCUT2D eigenvalue weighted by Gasteiger charge is -2.06. The number of hydrogen-bond acceptors (Lipinski definition) is 4. The van der Waals surface area contributed by atoms with Crippen molar-refractivity contribution in [3.63, 3.8) is 0 Å². The van der Waals surface area contributed by atoms with Crippen molar-refractivity contribution in [2.45, 2.75) is 40.8 Å². The summed E-state index contributed by atoms with van der Waals surface area (Å²) in [5.74, 6) is 1.86. The van der Waals surface area contributed by atoms with E-state index in [9.17, 15) is 0 Å². The Balaban J connectivity index is 0.000000730. The standard InChI is InChI=1S/C16H18N4O.2C2H6/c1-20-15(19-14-4-3-9-18-16(14)20)11-17-10-12-5-7-13(21-2)8-6-12;2*1-2/h3-9,17H,10-11H2,1-2H3;2*1-2H3. The van der Waals surface area contributed by atoms with Gasteiger partial charge in [-0.3, -0.25) is 0 Å². The molecule has 2 aromatic heterocycles. The molecule has 0 amide bonds. The second-order valence-corrected chi connectivity index (χ2v) is 4.88. The van der Waals surface area contributed by atoms with E-state index >= 15 is 0 Å². The second-order valence-electron chi connectivity index (χ2n) is 4.88. The molecule has 0 saturated heterocycles. The number of benzene rings is 1. The molecule has 1 aromatic carbocycles. The van der Waals surface area contributed by atoms with Crippen LogP contribution < -0.4 is 10.1 Å². The van der Waals surface area contributed by atoms with Gasteiger partial charge in [0.15, 0.2) is 5.65 Å². The maximum absolute atomic E-state index is 5.15. The lowest BCUT2D eigenvalue weighted by Crippen LogP contribution is -2.15. The molecule has 3 rings (SSSR count). The number of rotatable bonds is 5. The summed E-state index contributed by atoms with van der Waals surface area (Å²) < 4.78 is 7.18. The molecule has 25 heavy (non-hydrogen) atoms. The number of fused-ring (bicyclic) bond motifs is 1. The number of nitrogens with zero attached hydrogens (tertiary/aromatic N) is 3. The molecule has 0 fully saturated rings. The van der Waals surface area contributed by atoms with Crippen molar-refractivity contribution in [1.29, 1.82) is 0 Å². The number of ether oxygens (including phenoxy) is 1. The van der Waals surface area contributed by atoms with Gasteiger partial charge in [0.05, 0.1) is 13.7 Å². The summed E-state index contributed by atoms with van der Waals surface area (Å²) in [7, 11) is 3.67. The van der Waals surface area contributed by atoms with Crippen molar-refractivity contribution >= 4 is 11.2 Å². The molecule has 0 bridgehead atoms. The molecular weight excluding hydrogens is 312 g/mol. The molecule has 0 aliphatic carbocycles. The van der Waals surface area contributed by atoms with Crippen LogP contribution in [0.1, 0.15) is 39.1 Å². The van der Waals surface area contributed by atoms with Crippen LogP contribution in [0.15, 0.2) is 42.6 Å². The third kappa shape index (κ3) is 5.57. The Hall–Kier alpha value is -2.40. The summed E-state index contributed by atoms with van der Waals surface area (Å²) in [4.78, 5) is 8.93. The number of nitrogens with one attached hydrogen (secondary N) is 1. The molecule has 0 spiro atoms. The Kier molecular flexibility index (Phi) is 9.25. The molecular formula is C20H30N4O. The van der Waals surface area contributed by atoms with Gasteiger partial charge in [-0.25, -0.2) is 9.97 Å². The third-order valence-electron chi connectivity index (χ3n) is 3.49. The number of imidazole rings is 1. The number of aryl methyl sites for hydroxylation is 1. The molecule has 2 heterocycles. The highest BCUT2D eigenvalue weighted by Crippen LogP contribution is 2.13. The van der Waals surface area contributed by atoms with E-state index < -0.39 is 0 Å². The Bertz CT molecular complexity index is 735. The summed E-state index contributed by atoms with van der Waals surface area (Å²) in [6, 6.07) is 11.9. The topological polar surface area (TPSA) is 52.0 Å². The molecule has 0 unspecified atom stereocenters. The van der Waals surface area contributed by atoms with Crippen LogP contribution in [-0.4, -0.2) is 21.6 Å². The Morgan fingerprint density at radius 1 is 1.00 bits per heavy atom. The molecule has 136 valence electrons. The van der Waals surface area contributed by atoms with E-state index in [-0.39, 0.29) is 0 Å². The van der Waals surface area contributed by atoms with Crippen LogP contribution in [0.4, 0.5) is 0 Å². The van der Waals surface area contributed by atoms with E-state index in [2.05, 4.69) is 27.4 Å². The van der Waals surface area contributed by atoms with Gasteiger partial charge in [-0.15, -0.1) is 0 Å². The molecule has 0 atom stereocenters. The summed E-state index contributed by atoms with van der Waals surface area (Å²) in [5.41, 5.74) is 3.06. The van der Waals surface area contributed by atoms with Crippen LogP contribution in [0.5, 0.6) is 5.75 Å². The predicted octanol–water partition coefficient (Wildman–Crippen LogP) is 4.32. The minimum Gasteiger partial charge on any atom is -0.497 e. The van der Waals surface area contributed by atoms with Crippen molar-refractivity contribution in [3.05, 3.63) is 54.0 Å². The zero-order chi connectivity index (χ0) is 18.7. The lowest BCUT2D eigenvalue weighted by molar-refractivity contribution is 0.414.